The zero-order valence-electron chi connectivity index (χ0n) is 17.8. The maximum atomic E-state index is 11.2. The number of aliphatic carboxylic acids is 1. The summed E-state index contributed by atoms with van der Waals surface area (Å²) in [6.07, 6.45) is 2.40. The van der Waals surface area contributed by atoms with Crippen LogP contribution in [0, 0.1) is 5.92 Å². The number of ether oxygens (including phenoxy) is 2. The molecule has 32 heavy (non-hydrogen) atoms. The second-order valence-electron chi connectivity index (χ2n) is 8.14. The molecule has 1 aliphatic rings. The Hall–Kier alpha value is -3.60. The molecule has 1 saturated carbocycles. The standard InChI is InChI=1S/C27H26NO4/c28-26(22-4-2-1-3-5-22)18-32-23-12-6-19(7-13-23)17-31-24-14-10-21(11-15-24)25(16-27(29)30)20-8-9-20/h1-7,10-15,20,25H,8-9,16-18H2,(H,29,30)/q-1. The highest BCUT2D eigenvalue weighted by atomic mass is 16.5. The summed E-state index contributed by atoms with van der Waals surface area (Å²) in [6.45, 7) is 0.526. The monoisotopic (exact) mass is 428 g/mol. The summed E-state index contributed by atoms with van der Waals surface area (Å²) < 4.78 is 11.5. The van der Waals surface area contributed by atoms with Gasteiger partial charge in [0.15, 0.2) is 0 Å². The van der Waals surface area contributed by atoms with Crippen molar-refractivity contribution >= 4 is 11.7 Å². The molecule has 0 aliphatic heterocycles. The molecule has 1 fully saturated rings. The minimum absolute atomic E-state index is 0.0904. The molecule has 0 bridgehead atoms. The van der Waals surface area contributed by atoms with E-state index in [9.17, 15) is 15.3 Å². The third-order valence-corrected chi connectivity index (χ3v) is 5.71. The summed E-state index contributed by atoms with van der Waals surface area (Å²) in [4.78, 5) is 11.2. The molecule has 1 atom stereocenters. The summed E-state index contributed by atoms with van der Waals surface area (Å²) in [5, 5.41) is 19.3. The van der Waals surface area contributed by atoms with Gasteiger partial charge in [0.25, 0.3) is 0 Å². The molecular weight excluding hydrogens is 402 g/mol. The van der Waals surface area contributed by atoms with Crippen molar-refractivity contribution in [1.82, 2.24) is 0 Å². The fourth-order valence-corrected chi connectivity index (χ4v) is 3.77. The van der Waals surface area contributed by atoms with Crippen molar-refractivity contribution in [3.63, 3.8) is 0 Å². The Balaban J connectivity index is 1.27. The lowest BCUT2D eigenvalue weighted by molar-refractivity contribution is -0.137. The van der Waals surface area contributed by atoms with Gasteiger partial charge in [0, 0.05) is 0 Å². The van der Waals surface area contributed by atoms with Crippen LogP contribution in [0.3, 0.4) is 0 Å². The molecule has 0 aromatic heterocycles. The van der Waals surface area contributed by atoms with Gasteiger partial charge in [-0.05, 0) is 65.6 Å². The topological polar surface area (TPSA) is 78.1 Å². The molecule has 0 saturated heterocycles. The zero-order valence-corrected chi connectivity index (χ0v) is 17.8. The van der Waals surface area contributed by atoms with E-state index in [1.807, 2.05) is 78.9 Å². The molecule has 1 aliphatic carbocycles. The average molecular weight is 429 g/mol. The van der Waals surface area contributed by atoms with Crippen LogP contribution in [-0.2, 0) is 11.4 Å². The summed E-state index contributed by atoms with van der Waals surface area (Å²) >= 11 is 0. The van der Waals surface area contributed by atoms with Crippen molar-refractivity contribution in [2.75, 3.05) is 6.61 Å². The lowest BCUT2D eigenvalue weighted by atomic mass is 9.91. The molecule has 164 valence electrons. The number of carboxylic acid groups (broad SMARTS) is 1. The molecule has 4 rings (SSSR count). The summed E-state index contributed by atoms with van der Waals surface area (Å²) in [7, 11) is 0. The van der Waals surface area contributed by atoms with Crippen LogP contribution in [0.2, 0.25) is 0 Å². The van der Waals surface area contributed by atoms with Crippen LogP contribution in [0.15, 0.2) is 78.9 Å². The summed E-state index contributed by atoms with van der Waals surface area (Å²) in [5.41, 5.74) is 3.00. The van der Waals surface area contributed by atoms with E-state index in [4.69, 9.17) is 9.47 Å². The number of carbonyl (C=O) groups is 1. The third kappa shape index (κ3) is 5.97. The Morgan fingerprint density at radius 3 is 2.16 bits per heavy atom. The van der Waals surface area contributed by atoms with Crippen molar-refractivity contribution in [2.24, 2.45) is 5.92 Å². The third-order valence-electron chi connectivity index (χ3n) is 5.71. The van der Waals surface area contributed by atoms with E-state index in [2.05, 4.69) is 0 Å². The predicted octanol–water partition coefficient (Wildman–Crippen LogP) is 5.67. The average Bonchev–Trinajstić information content (AvgIpc) is 3.66. The van der Waals surface area contributed by atoms with Gasteiger partial charge in [-0.2, -0.15) is 0 Å². The first-order valence-electron chi connectivity index (χ1n) is 10.8. The first-order valence-corrected chi connectivity index (χ1v) is 10.8. The maximum absolute atomic E-state index is 11.2. The van der Waals surface area contributed by atoms with Crippen LogP contribution in [0.25, 0.3) is 5.41 Å². The highest BCUT2D eigenvalue weighted by Crippen LogP contribution is 2.44. The first kappa shape index (κ1) is 21.6. The van der Waals surface area contributed by atoms with E-state index >= 15 is 0 Å². The Morgan fingerprint density at radius 1 is 0.906 bits per heavy atom. The molecule has 1 unspecified atom stereocenters. The smallest absolute Gasteiger partial charge is 0.303 e. The quantitative estimate of drug-likeness (QED) is 0.399. The first-order chi connectivity index (χ1) is 15.6. The van der Waals surface area contributed by atoms with E-state index in [1.165, 1.54) is 0 Å². The number of carboxylic acids is 1. The van der Waals surface area contributed by atoms with Crippen LogP contribution < -0.4 is 9.47 Å². The predicted molar refractivity (Wildman–Crippen MR) is 124 cm³/mol. The van der Waals surface area contributed by atoms with Gasteiger partial charge >= 0.3 is 5.97 Å². The number of rotatable bonds is 11. The molecule has 0 heterocycles. The summed E-state index contributed by atoms with van der Waals surface area (Å²) in [6, 6.07) is 24.7. The van der Waals surface area contributed by atoms with E-state index in [0.29, 0.717) is 18.3 Å². The molecule has 5 nitrogen and oxygen atoms in total. The molecule has 3 aromatic rings. The number of hydrogen-bond acceptors (Lipinski definition) is 3. The Labute approximate surface area is 188 Å². The van der Waals surface area contributed by atoms with Crippen LogP contribution in [0.5, 0.6) is 11.5 Å². The van der Waals surface area contributed by atoms with E-state index < -0.39 is 5.97 Å². The van der Waals surface area contributed by atoms with Crippen molar-refractivity contribution in [3.05, 3.63) is 101 Å². The van der Waals surface area contributed by atoms with Crippen molar-refractivity contribution in [1.29, 1.82) is 0 Å². The van der Waals surface area contributed by atoms with Gasteiger partial charge in [-0.3, -0.25) is 4.79 Å². The fraction of sp³-hybridized carbons (Fsp3) is 0.259. The Bertz CT molecular complexity index is 1040. The van der Waals surface area contributed by atoms with Crippen LogP contribution >= 0.6 is 0 Å². The second kappa shape index (κ2) is 10.1. The number of benzene rings is 3. The SMILES string of the molecule is [N-]=C(COc1ccc(COc2ccc(C(CC(=O)O)C3CC3)cc2)cc1)c1ccccc1. The van der Waals surface area contributed by atoms with E-state index in [0.717, 1.165) is 35.3 Å². The summed E-state index contributed by atoms with van der Waals surface area (Å²) in [5.74, 6) is 1.26. The largest absolute Gasteiger partial charge is 0.804 e. The van der Waals surface area contributed by atoms with Gasteiger partial charge in [-0.15, -0.1) is 5.71 Å². The van der Waals surface area contributed by atoms with Gasteiger partial charge in [0.1, 0.15) is 18.1 Å². The van der Waals surface area contributed by atoms with Gasteiger partial charge < -0.3 is 20.0 Å². The second-order valence-corrected chi connectivity index (χ2v) is 8.14. The highest BCUT2D eigenvalue weighted by molar-refractivity contribution is 6.03. The van der Waals surface area contributed by atoms with Gasteiger partial charge in [0.05, 0.1) is 13.0 Å². The van der Waals surface area contributed by atoms with Gasteiger partial charge in [-0.25, -0.2) is 0 Å². The Morgan fingerprint density at radius 2 is 1.53 bits per heavy atom. The molecule has 0 spiro atoms. The molecule has 0 amide bonds. The van der Waals surface area contributed by atoms with Gasteiger partial charge in [-0.1, -0.05) is 54.6 Å². The zero-order chi connectivity index (χ0) is 22.3. The lowest BCUT2D eigenvalue weighted by Gasteiger charge is -2.15. The molecule has 0 radical (unpaired) electrons. The molecule has 3 aromatic carbocycles. The normalized spacial score (nSPS) is 13.9. The number of hydrogen-bond donors (Lipinski definition) is 1. The minimum atomic E-state index is -0.747. The Kier molecular flexibility index (Phi) is 6.85. The van der Waals surface area contributed by atoms with Gasteiger partial charge in [0.2, 0.25) is 0 Å². The molecule has 5 heteroatoms. The van der Waals surface area contributed by atoms with Crippen molar-refractivity contribution in [2.45, 2.75) is 31.8 Å². The lowest BCUT2D eigenvalue weighted by Crippen LogP contribution is -2.10. The highest BCUT2D eigenvalue weighted by Gasteiger charge is 2.33. The molecule has 1 N–H and O–H groups in total. The van der Waals surface area contributed by atoms with Crippen LogP contribution in [0.1, 0.15) is 41.9 Å². The van der Waals surface area contributed by atoms with Crippen LogP contribution in [-0.4, -0.2) is 23.4 Å². The minimum Gasteiger partial charge on any atom is -0.804 e. The fourth-order valence-electron chi connectivity index (χ4n) is 3.77. The van der Waals surface area contributed by atoms with Crippen molar-refractivity contribution < 1.29 is 19.4 Å². The number of nitrogens with zero attached hydrogens (tertiary/aromatic N) is 1. The molecular formula is C27H26NO4-. The van der Waals surface area contributed by atoms with Crippen LogP contribution in [0.4, 0.5) is 0 Å². The maximum Gasteiger partial charge on any atom is 0.303 e. The van der Waals surface area contributed by atoms with Crippen molar-refractivity contribution in [3.8, 4) is 11.5 Å². The van der Waals surface area contributed by atoms with E-state index in [-0.39, 0.29) is 24.7 Å². The van der Waals surface area contributed by atoms with E-state index in [1.54, 1.807) is 0 Å².